The third kappa shape index (κ3) is 12.0. The summed E-state index contributed by atoms with van der Waals surface area (Å²) >= 11 is 0. The second-order valence-electron chi connectivity index (χ2n) is 11.6. The first kappa shape index (κ1) is 30.9. The molecule has 0 saturated heterocycles. The normalized spacial score (nSPS) is 13.7. The number of unbranched alkanes of at least 4 members (excludes halogenated alkanes) is 11. The van der Waals surface area contributed by atoms with Crippen molar-refractivity contribution in [2.75, 3.05) is 0 Å². The minimum absolute atomic E-state index is 0.0446. The van der Waals surface area contributed by atoms with Gasteiger partial charge in [0.25, 0.3) is 0 Å². The van der Waals surface area contributed by atoms with E-state index in [1.165, 1.54) is 94.6 Å². The van der Waals surface area contributed by atoms with Crippen molar-refractivity contribution in [3.05, 3.63) is 64.7 Å². The lowest BCUT2D eigenvalue weighted by molar-refractivity contribution is -0.140. The van der Waals surface area contributed by atoms with Crippen LogP contribution < -0.4 is 4.74 Å². The summed E-state index contributed by atoms with van der Waals surface area (Å²) < 4.78 is 6.08. The highest BCUT2D eigenvalue weighted by molar-refractivity contribution is 5.75. The molecule has 1 aliphatic rings. The lowest BCUT2D eigenvalue weighted by atomic mass is 9.89. The smallest absolute Gasteiger partial charge is 0.314 e. The molecule has 0 aliphatic heterocycles. The molecule has 1 fully saturated rings. The topological polar surface area (TPSA) is 50.1 Å². The van der Waals surface area contributed by atoms with Crippen LogP contribution in [0.15, 0.2) is 42.5 Å². The predicted octanol–water partition coefficient (Wildman–Crippen LogP) is 10.1. The van der Waals surface area contributed by atoms with Gasteiger partial charge in [-0.05, 0) is 73.4 Å². The number of hydrogen-bond acceptors (Lipinski definition) is 3. The maximum absolute atomic E-state index is 13.0. The number of esters is 1. The fourth-order valence-electron chi connectivity index (χ4n) is 5.78. The molecule has 0 aromatic heterocycles. The van der Waals surface area contributed by atoms with Gasteiger partial charge in [-0.15, -0.1) is 0 Å². The van der Waals surface area contributed by atoms with Gasteiger partial charge in [-0.3, -0.25) is 4.79 Å². The lowest BCUT2D eigenvalue weighted by Crippen LogP contribution is -2.23. The zero-order valence-electron chi connectivity index (χ0n) is 24.5. The molecule has 212 valence electrons. The van der Waals surface area contributed by atoms with Crippen molar-refractivity contribution >= 4 is 5.97 Å². The van der Waals surface area contributed by atoms with E-state index in [0.717, 1.165) is 56.3 Å². The van der Waals surface area contributed by atoms with E-state index in [2.05, 4.69) is 31.2 Å². The Morgan fingerprint density at radius 1 is 0.744 bits per heavy atom. The zero-order valence-corrected chi connectivity index (χ0v) is 24.5. The van der Waals surface area contributed by atoms with Gasteiger partial charge in [-0.2, -0.15) is 5.26 Å². The average Bonchev–Trinajstić information content (AvgIpc) is 2.98. The highest BCUT2D eigenvalue weighted by atomic mass is 16.5. The third-order valence-corrected chi connectivity index (χ3v) is 8.37. The quantitative estimate of drug-likeness (QED) is 0.110. The first-order valence-corrected chi connectivity index (χ1v) is 16.0. The van der Waals surface area contributed by atoms with Gasteiger partial charge in [0.15, 0.2) is 0 Å². The van der Waals surface area contributed by atoms with Gasteiger partial charge in [0.2, 0.25) is 0 Å². The van der Waals surface area contributed by atoms with E-state index in [-0.39, 0.29) is 11.9 Å². The summed E-state index contributed by atoms with van der Waals surface area (Å²) in [6, 6.07) is 16.5. The van der Waals surface area contributed by atoms with Crippen LogP contribution in [0.5, 0.6) is 5.75 Å². The van der Waals surface area contributed by atoms with Crippen molar-refractivity contribution in [1.29, 1.82) is 5.26 Å². The van der Waals surface area contributed by atoms with E-state index in [4.69, 9.17) is 10.00 Å². The third-order valence-electron chi connectivity index (χ3n) is 8.37. The summed E-state index contributed by atoms with van der Waals surface area (Å²) in [6.07, 6.45) is 24.4. The first-order valence-electron chi connectivity index (χ1n) is 16.0. The number of hydrogen-bond donors (Lipinski definition) is 0. The lowest BCUT2D eigenvalue weighted by Gasteiger charge is -2.21. The van der Waals surface area contributed by atoms with Crippen molar-refractivity contribution in [2.24, 2.45) is 5.92 Å². The molecule has 2 aromatic rings. The number of carbonyl (C=O) groups is 1. The first-order chi connectivity index (χ1) is 19.2. The number of nitriles is 1. The molecule has 2 aromatic carbocycles. The Kier molecular flexibility index (Phi) is 14.8. The highest BCUT2D eigenvalue weighted by Crippen LogP contribution is 2.29. The van der Waals surface area contributed by atoms with Crippen LogP contribution in [0.3, 0.4) is 0 Å². The molecule has 0 radical (unpaired) electrons. The second-order valence-corrected chi connectivity index (χ2v) is 11.6. The van der Waals surface area contributed by atoms with Gasteiger partial charge < -0.3 is 4.74 Å². The molecular formula is C36H51NO2. The average molecular weight is 530 g/mol. The van der Waals surface area contributed by atoms with E-state index >= 15 is 0 Å². The van der Waals surface area contributed by atoms with Gasteiger partial charge in [0, 0.05) is 0 Å². The maximum atomic E-state index is 13.0. The molecule has 3 nitrogen and oxygen atoms in total. The Hall–Kier alpha value is -2.60. The monoisotopic (exact) mass is 529 g/mol. The Balaban J connectivity index is 1.46. The van der Waals surface area contributed by atoms with Gasteiger partial charge >= 0.3 is 5.97 Å². The summed E-state index contributed by atoms with van der Waals surface area (Å²) in [4.78, 5) is 13.0. The van der Waals surface area contributed by atoms with Crippen LogP contribution >= 0.6 is 0 Å². The number of carbonyl (C=O) groups excluding carboxylic acids is 1. The molecule has 0 unspecified atom stereocenters. The Morgan fingerprint density at radius 2 is 1.33 bits per heavy atom. The van der Waals surface area contributed by atoms with Gasteiger partial charge in [0.1, 0.15) is 5.75 Å². The fourth-order valence-corrected chi connectivity index (χ4v) is 5.78. The van der Waals surface area contributed by atoms with E-state index < -0.39 is 0 Å². The van der Waals surface area contributed by atoms with Crippen LogP contribution in [-0.4, -0.2) is 5.97 Å². The van der Waals surface area contributed by atoms with Crippen LogP contribution in [0.25, 0.3) is 0 Å². The molecule has 0 amide bonds. The maximum Gasteiger partial charge on any atom is 0.314 e. The summed E-state index contributed by atoms with van der Waals surface area (Å²) in [5.74, 6) is 0.762. The van der Waals surface area contributed by atoms with Crippen molar-refractivity contribution in [3.8, 4) is 11.8 Å². The Morgan fingerprint density at radius 3 is 1.95 bits per heavy atom. The number of aryl methyl sites for hydroxylation is 3. The van der Waals surface area contributed by atoms with Crippen LogP contribution in [0.1, 0.15) is 138 Å². The standard InChI is InChI=1S/C36H51NO2/c1-2-3-4-5-6-7-8-9-10-11-12-14-17-31-25-27-33(26-24-30-20-22-32(29-37)23-21-30)35(28-31)39-36(38)34-18-15-13-16-19-34/h20-23,25,27-28,34H,2-19,24,26H2,1H3. The SMILES string of the molecule is CCCCCCCCCCCCCCc1ccc(CCc2ccc(C#N)cc2)c(OC(=O)C2CCCCC2)c1. The molecule has 0 heterocycles. The summed E-state index contributed by atoms with van der Waals surface area (Å²) in [7, 11) is 0. The molecular weight excluding hydrogens is 478 g/mol. The number of rotatable bonds is 18. The summed E-state index contributed by atoms with van der Waals surface area (Å²) in [5, 5.41) is 9.06. The number of ether oxygens (including phenoxy) is 1. The molecule has 1 saturated carbocycles. The molecule has 0 atom stereocenters. The Labute approximate surface area is 238 Å². The van der Waals surface area contributed by atoms with Crippen molar-refractivity contribution in [1.82, 2.24) is 0 Å². The molecule has 39 heavy (non-hydrogen) atoms. The highest BCUT2D eigenvalue weighted by Gasteiger charge is 2.24. The molecule has 0 spiro atoms. The molecule has 0 N–H and O–H groups in total. The van der Waals surface area contributed by atoms with Crippen LogP contribution in [0.2, 0.25) is 0 Å². The van der Waals surface area contributed by atoms with Crippen LogP contribution in [0, 0.1) is 17.2 Å². The molecule has 0 bridgehead atoms. The van der Waals surface area contributed by atoms with E-state index in [1.807, 2.05) is 24.3 Å². The van der Waals surface area contributed by atoms with Gasteiger partial charge in [-0.25, -0.2) is 0 Å². The van der Waals surface area contributed by atoms with Crippen molar-refractivity contribution in [3.63, 3.8) is 0 Å². The largest absolute Gasteiger partial charge is 0.426 e. The minimum atomic E-state index is -0.0446. The predicted molar refractivity (Wildman–Crippen MR) is 162 cm³/mol. The fraction of sp³-hybridized carbons (Fsp3) is 0.611. The molecule has 3 heteroatoms. The van der Waals surface area contributed by atoms with E-state index in [1.54, 1.807) is 0 Å². The van der Waals surface area contributed by atoms with Gasteiger partial charge in [0.05, 0.1) is 17.6 Å². The van der Waals surface area contributed by atoms with Gasteiger partial charge in [-0.1, -0.05) is 121 Å². The summed E-state index contributed by atoms with van der Waals surface area (Å²) in [5.41, 5.74) is 4.25. The van der Waals surface area contributed by atoms with Crippen LogP contribution in [0.4, 0.5) is 0 Å². The van der Waals surface area contributed by atoms with E-state index in [9.17, 15) is 4.79 Å². The van der Waals surface area contributed by atoms with Crippen molar-refractivity contribution < 1.29 is 9.53 Å². The zero-order chi connectivity index (χ0) is 27.5. The van der Waals surface area contributed by atoms with E-state index in [0.29, 0.717) is 5.56 Å². The van der Waals surface area contributed by atoms with Crippen LogP contribution in [-0.2, 0) is 24.1 Å². The minimum Gasteiger partial charge on any atom is -0.426 e. The molecule has 3 rings (SSSR count). The summed E-state index contributed by atoms with van der Waals surface area (Å²) in [6.45, 7) is 2.28. The molecule has 1 aliphatic carbocycles. The number of benzene rings is 2. The second kappa shape index (κ2) is 18.6. The van der Waals surface area contributed by atoms with Crippen molar-refractivity contribution in [2.45, 2.75) is 135 Å². The Bertz CT molecular complexity index is 998. The number of nitrogens with zero attached hydrogens (tertiary/aromatic N) is 1.